The minimum Gasteiger partial charge on any atom is -0.372 e. The van der Waals surface area contributed by atoms with Crippen molar-refractivity contribution in [2.45, 2.75) is 24.0 Å². The fourth-order valence-electron chi connectivity index (χ4n) is 3.82. The molecule has 1 aliphatic rings. The van der Waals surface area contributed by atoms with Gasteiger partial charge in [-0.05, 0) is 66.3 Å². The Bertz CT molecular complexity index is 1310. The number of fused-ring (bicyclic) bond motifs is 1. The Morgan fingerprint density at radius 3 is 2.73 bits per heavy atom. The Hall–Kier alpha value is -2.98. The number of sulfonamides is 1. The molecule has 2 aromatic heterocycles. The van der Waals surface area contributed by atoms with Gasteiger partial charge in [0.05, 0.1) is 0 Å². The lowest BCUT2D eigenvalue weighted by atomic mass is 10.1. The van der Waals surface area contributed by atoms with Crippen LogP contribution < -0.4 is 9.62 Å². The second-order valence-electron chi connectivity index (χ2n) is 7.31. The predicted molar refractivity (Wildman–Crippen MR) is 118 cm³/mol. The van der Waals surface area contributed by atoms with E-state index in [1.807, 2.05) is 13.0 Å². The molecule has 30 heavy (non-hydrogen) atoms. The molecular weight excluding hydrogens is 420 g/mol. The maximum absolute atomic E-state index is 13.2. The lowest BCUT2D eigenvalue weighted by molar-refractivity contribution is 0.603. The number of tetrazole rings is 1. The van der Waals surface area contributed by atoms with Crippen molar-refractivity contribution in [1.29, 1.82) is 0 Å². The topological polar surface area (TPSA) is 104 Å². The van der Waals surface area contributed by atoms with Crippen LogP contribution in [0.4, 0.5) is 11.4 Å². The zero-order chi connectivity index (χ0) is 20.7. The first-order chi connectivity index (χ1) is 14.5. The van der Waals surface area contributed by atoms with E-state index in [4.69, 9.17) is 0 Å². The van der Waals surface area contributed by atoms with Gasteiger partial charge in [0.1, 0.15) is 4.21 Å². The number of hydrogen-bond donors (Lipinski definition) is 2. The third-order valence-electron chi connectivity index (χ3n) is 5.31. The highest BCUT2D eigenvalue weighted by atomic mass is 32.2. The molecule has 1 fully saturated rings. The first kappa shape index (κ1) is 19.0. The fourth-order valence-corrected chi connectivity index (χ4v) is 6.62. The molecule has 8 nitrogen and oxygen atoms in total. The first-order valence-electron chi connectivity index (χ1n) is 9.66. The zero-order valence-electron chi connectivity index (χ0n) is 16.3. The van der Waals surface area contributed by atoms with Gasteiger partial charge < -0.3 is 4.90 Å². The highest BCUT2D eigenvalue weighted by Crippen LogP contribution is 2.37. The van der Waals surface area contributed by atoms with Gasteiger partial charge in [0.2, 0.25) is 5.82 Å². The molecule has 0 aliphatic carbocycles. The molecule has 5 rings (SSSR count). The Morgan fingerprint density at radius 1 is 1.13 bits per heavy atom. The largest absolute Gasteiger partial charge is 0.372 e. The number of rotatable bonds is 5. The standard InChI is InChI=1S/C20H20N6O2S2/c1-13-17-12-16(26-9-2-3-10-26)7-8-18(17)29-20(13)30(27,28)23-15-6-4-5-14(11-15)19-21-24-25-22-19/h4-8,11-12,23H,2-3,9-10H2,1H3,(H,21,22,24,25). The van der Waals surface area contributed by atoms with Crippen LogP contribution in [-0.4, -0.2) is 42.1 Å². The summed E-state index contributed by atoms with van der Waals surface area (Å²) < 4.78 is 30.3. The van der Waals surface area contributed by atoms with E-state index in [0.29, 0.717) is 21.3 Å². The van der Waals surface area contributed by atoms with E-state index in [9.17, 15) is 8.42 Å². The molecule has 1 aliphatic heterocycles. The number of benzene rings is 2. The van der Waals surface area contributed by atoms with Gasteiger partial charge in [-0.2, -0.15) is 5.21 Å². The third kappa shape index (κ3) is 3.41. The van der Waals surface area contributed by atoms with Gasteiger partial charge in [0, 0.05) is 34.7 Å². The minimum absolute atomic E-state index is 0.334. The van der Waals surface area contributed by atoms with Crippen molar-refractivity contribution in [3.63, 3.8) is 0 Å². The van der Waals surface area contributed by atoms with Gasteiger partial charge in [-0.25, -0.2) is 8.42 Å². The second kappa shape index (κ2) is 7.37. The van der Waals surface area contributed by atoms with Crippen LogP contribution in [0.1, 0.15) is 18.4 Å². The Morgan fingerprint density at radius 2 is 1.97 bits per heavy atom. The Kier molecular flexibility index (Phi) is 4.67. The maximum Gasteiger partial charge on any atom is 0.271 e. The average molecular weight is 441 g/mol. The van der Waals surface area contributed by atoms with Crippen molar-refractivity contribution in [2.24, 2.45) is 0 Å². The van der Waals surface area contributed by atoms with Crippen LogP contribution in [0.3, 0.4) is 0 Å². The van der Waals surface area contributed by atoms with E-state index in [1.165, 1.54) is 24.2 Å². The maximum atomic E-state index is 13.2. The summed E-state index contributed by atoms with van der Waals surface area (Å²) in [5.41, 5.74) is 3.06. The van der Waals surface area contributed by atoms with Crippen LogP contribution >= 0.6 is 11.3 Å². The van der Waals surface area contributed by atoms with Crippen LogP contribution in [0.5, 0.6) is 0 Å². The van der Waals surface area contributed by atoms with Gasteiger partial charge in [0.15, 0.2) is 0 Å². The normalized spacial score (nSPS) is 14.5. The van der Waals surface area contributed by atoms with Crippen molar-refractivity contribution in [2.75, 3.05) is 22.7 Å². The van der Waals surface area contributed by atoms with Gasteiger partial charge in [-0.15, -0.1) is 21.5 Å². The summed E-state index contributed by atoms with van der Waals surface area (Å²) in [6, 6.07) is 13.2. The molecule has 0 radical (unpaired) electrons. The molecule has 2 N–H and O–H groups in total. The number of thiophene rings is 1. The lowest BCUT2D eigenvalue weighted by Gasteiger charge is -2.17. The Balaban J connectivity index is 1.48. The van der Waals surface area contributed by atoms with E-state index in [1.54, 1.807) is 24.3 Å². The molecule has 0 atom stereocenters. The van der Waals surface area contributed by atoms with E-state index < -0.39 is 10.0 Å². The molecule has 10 heteroatoms. The highest BCUT2D eigenvalue weighted by Gasteiger charge is 2.23. The lowest BCUT2D eigenvalue weighted by Crippen LogP contribution is -2.17. The molecule has 1 saturated heterocycles. The number of hydrogen-bond acceptors (Lipinski definition) is 7. The number of aryl methyl sites for hydroxylation is 1. The van der Waals surface area contributed by atoms with Gasteiger partial charge >= 0.3 is 0 Å². The monoisotopic (exact) mass is 440 g/mol. The van der Waals surface area contributed by atoms with Crippen molar-refractivity contribution >= 4 is 42.8 Å². The molecular formula is C20H20N6O2S2. The highest BCUT2D eigenvalue weighted by molar-refractivity contribution is 7.94. The number of nitrogens with zero attached hydrogens (tertiary/aromatic N) is 4. The summed E-state index contributed by atoms with van der Waals surface area (Å²) >= 11 is 1.29. The van der Waals surface area contributed by atoms with Gasteiger partial charge in [0.25, 0.3) is 10.0 Å². The van der Waals surface area contributed by atoms with Crippen LogP contribution in [-0.2, 0) is 10.0 Å². The predicted octanol–water partition coefficient (Wildman–Crippen LogP) is 3.79. The molecule has 2 aromatic carbocycles. The van der Waals surface area contributed by atoms with Crippen LogP contribution in [0.2, 0.25) is 0 Å². The number of nitrogens with one attached hydrogen (secondary N) is 2. The first-order valence-corrected chi connectivity index (χ1v) is 12.0. The summed E-state index contributed by atoms with van der Waals surface area (Å²) in [7, 11) is -3.73. The zero-order valence-corrected chi connectivity index (χ0v) is 17.9. The summed E-state index contributed by atoms with van der Waals surface area (Å²) in [6.45, 7) is 3.98. The SMILES string of the molecule is Cc1c(S(=O)(=O)Nc2cccc(-c3nn[nH]n3)c2)sc2ccc(N3CCCC3)cc12. The number of aromatic amines is 1. The van der Waals surface area contributed by atoms with Crippen LogP contribution in [0, 0.1) is 6.92 Å². The molecule has 0 saturated carbocycles. The van der Waals surface area contributed by atoms with Crippen LogP contribution in [0.25, 0.3) is 21.5 Å². The fraction of sp³-hybridized carbons (Fsp3) is 0.250. The smallest absolute Gasteiger partial charge is 0.271 e. The minimum atomic E-state index is -3.73. The number of aromatic nitrogens is 4. The molecule has 3 heterocycles. The molecule has 4 aromatic rings. The summed E-state index contributed by atoms with van der Waals surface area (Å²) in [5.74, 6) is 0.406. The van der Waals surface area contributed by atoms with Crippen molar-refractivity contribution in [3.8, 4) is 11.4 Å². The van der Waals surface area contributed by atoms with Gasteiger partial charge in [-0.1, -0.05) is 12.1 Å². The summed E-state index contributed by atoms with van der Waals surface area (Å²) in [5, 5.41) is 14.8. The molecule has 0 bridgehead atoms. The van der Waals surface area contributed by atoms with Crippen LogP contribution in [0.15, 0.2) is 46.7 Å². The number of H-pyrrole nitrogens is 1. The van der Waals surface area contributed by atoms with E-state index in [2.05, 4.69) is 42.4 Å². The summed E-state index contributed by atoms with van der Waals surface area (Å²) in [6.07, 6.45) is 2.40. The molecule has 154 valence electrons. The van der Waals surface area contributed by atoms with E-state index in [-0.39, 0.29) is 0 Å². The molecule has 0 amide bonds. The van der Waals surface area contributed by atoms with Gasteiger partial charge in [-0.3, -0.25) is 4.72 Å². The molecule has 0 spiro atoms. The van der Waals surface area contributed by atoms with Crippen molar-refractivity contribution < 1.29 is 8.42 Å². The third-order valence-corrected chi connectivity index (χ3v) is 8.58. The van der Waals surface area contributed by atoms with Crippen molar-refractivity contribution in [3.05, 3.63) is 48.0 Å². The quantitative estimate of drug-likeness (QED) is 0.489. The average Bonchev–Trinajstić information content (AvgIpc) is 3.50. The molecule has 0 unspecified atom stereocenters. The van der Waals surface area contributed by atoms with Crippen molar-refractivity contribution in [1.82, 2.24) is 20.6 Å². The summed E-state index contributed by atoms with van der Waals surface area (Å²) in [4.78, 5) is 2.35. The van der Waals surface area contributed by atoms with E-state index in [0.717, 1.165) is 34.4 Å². The second-order valence-corrected chi connectivity index (χ2v) is 10.2. The van der Waals surface area contributed by atoms with E-state index >= 15 is 0 Å². The number of anilines is 2. The Labute approximate surface area is 178 Å².